The molecule has 2 aromatic carbocycles. The highest BCUT2D eigenvalue weighted by Crippen LogP contribution is 2.63. The predicted molar refractivity (Wildman–Crippen MR) is 125 cm³/mol. The van der Waals surface area contributed by atoms with E-state index in [1.165, 1.54) is 6.92 Å². The Morgan fingerprint density at radius 2 is 1.69 bits per heavy atom. The lowest BCUT2D eigenvalue weighted by Gasteiger charge is -2.45. The van der Waals surface area contributed by atoms with Crippen LogP contribution in [0.1, 0.15) is 61.3 Å². The SMILES string of the molecule is COc1ccc(C2C(C(C)=O)N3N=Cc4ccccc4C3C23C(=O)OC2(CCCC2)OC3=O)cc1. The number of Topliss-reactive ketones (excluding diaryl/α,β-unsaturated/α-hetero) is 1. The van der Waals surface area contributed by atoms with Crippen LogP contribution >= 0.6 is 0 Å². The molecule has 3 aliphatic heterocycles. The number of hydrogen-bond acceptors (Lipinski definition) is 8. The summed E-state index contributed by atoms with van der Waals surface area (Å²) in [6.45, 7) is 1.46. The number of hydrazone groups is 1. The second kappa shape index (κ2) is 7.66. The molecule has 2 aromatic rings. The van der Waals surface area contributed by atoms with Crippen molar-refractivity contribution in [2.24, 2.45) is 10.5 Å². The maximum atomic E-state index is 14.2. The Balaban J connectivity index is 1.60. The summed E-state index contributed by atoms with van der Waals surface area (Å²) in [6, 6.07) is 12.9. The molecule has 4 aliphatic rings. The van der Waals surface area contributed by atoms with Gasteiger partial charge in [-0.25, -0.2) is 0 Å². The molecule has 3 atom stereocenters. The molecule has 3 fully saturated rings. The zero-order valence-corrected chi connectivity index (χ0v) is 19.6. The number of esters is 2. The summed E-state index contributed by atoms with van der Waals surface area (Å²) in [5, 5.41) is 6.21. The normalized spacial score (nSPS) is 27.4. The van der Waals surface area contributed by atoms with Gasteiger partial charge in [0.15, 0.2) is 5.78 Å². The monoisotopic (exact) mass is 474 g/mol. The number of hydrogen-bond donors (Lipinski definition) is 0. The van der Waals surface area contributed by atoms with E-state index in [-0.39, 0.29) is 5.78 Å². The molecule has 8 nitrogen and oxygen atoms in total. The van der Waals surface area contributed by atoms with Crippen LogP contribution in [-0.2, 0) is 23.9 Å². The van der Waals surface area contributed by atoms with Gasteiger partial charge in [0.25, 0.3) is 5.79 Å². The minimum absolute atomic E-state index is 0.203. The third kappa shape index (κ3) is 2.92. The second-order valence-corrected chi connectivity index (χ2v) is 9.73. The summed E-state index contributed by atoms with van der Waals surface area (Å²) in [6.07, 6.45) is 4.26. The zero-order chi connectivity index (χ0) is 24.4. The number of ketones is 1. The molecule has 0 N–H and O–H groups in total. The number of rotatable bonds is 3. The van der Waals surface area contributed by atoms with Crippen LogP contribution in [-0.4, -0.2) is 47.9 Å². The third-order valence-electron chi connectivity index (χ3n) is 7.90. The van der Waals surface area contributed by atoms with Crippen LogP contribution in [0.2, 0.25) is 0 Å². The lowest BCUT2D eigenvalue weighted by molar-refractivity contribution is -0.263. The van der Waals surface area contributed by atoms with Crippen molar-refractivity contribution < 1.29 is 28.6 Å². The molecule has 0 amide bonds. The first kappa shape index (κ1) is 21.8. The number of carbonyl (C=O) groups excluding carboxylic acids is 3. The van der Waals surface area contributed by atoms with Crippen LogP contribution in [0.25, 0.3) is 0 Å². The molecule has 35 heavy (non-hydrogen) atoms. The van der Waals surface area contributed by atoms with E-state index in [0.717, 1.165) is 24.0 Å². The van der Waals surface area contributed by atoms with Gasteiger partial charge in [-0.05, 0) is 48.6 Å². The maximum absolute atomic E-state index is 14.2. The number of fused-ring (bicyclic) bond motifs is 4. The second-order valence-electron chi connectivity index (χ2n) is 9.73. The van der Waals surface area contributed by atoms with Gasteiger partial charge in [0.1, 0.15) is 17.8 Å². The number of methoxy groups -OCH3 is 1. The van der Waals surface area contributed by atoms with Crippen molar-refractivity contribution >= 4 is 23.9 Å². The standard InChI is InChI=1S/C27H26N2O6/c1-16(30)22-21(17-9-11-19(33-2)12-10-17)27(23-20-8-4-3-7-18(20)15-28-29(22)23)24(31)34-26(35-25(27)32)13-5-6-14-26/h3-4,7-12,15,21-23H,5-6,13-14H2,1-2H3. The summed E-state index contributed by atoms with van der Waals surface area (Å²) >= 11 is 0. The van der Waals surface area contributed by atoms with Crippen molar-refractivity contribution in [2.75, 3.05) is 7.11 Å². The van der Waals surface area contributed by atoms with Gasteiger partial charge in [-0.2, -0.15) is 5.10 Å². The van der Waals surface area contributed by atoms with Crippen LogP contribution in [0.5, 0.6) is 5.75 Å². The van der Waals surface area contributed by atoms with Gasteiger partial charge < -0.3 is 14.2 Å². The van der Waals surface area contributed by atoms with E-state index in [9.17, 15) is 14.4 Å². The highest BCUT2D eigenvalue weighted by atomic mass is 16.7. The zero-order valence-electron chi connectivity index (χ0n) is 19.6. The van der Waals surface area contributed by atoms with Gasteiger partial charge in [0, 0.05) is 18.8 Å². The van der Waals surface area contributed by atoms with Crippen LogP contribution in [0.3, 0.4) is 0 Å². The van der Waals surface area contributed by atoms with Crippen LogP contribution < -0.4 is 4.74 Å². The molecule has 2 spiro atoms. The van der Waals surface area contributed by atoms with Crippen LogP contribution in [0, 0.1) is 5.41 Å². The fraction of sp³-hybridized carbons (Fsp3) is 0.407. The van der Waals surface area contributed by atoms with Crippen molar-refractivity contribution in [1.29, 1.82) is 0 Å². The predicted octanol–water partition coefficient (Wildman–Crippen LogP) is 3.50. The van der Waals surface area contributed by atoms with Crippen LogP contribution in [0.15, 0.2) is 53.6 Å². The number of ether oxygens (including phenoxy) is 3. The summed E-state index contributed by atoms with van der Waals surface area (Å²) in [5.41, 5.74) is 0.366. The summed E-state index contributed by atoms with van der Waals surface area (Å²) < 4.78 is 17.4. The highest BCUT2D eigenvalue weighted by molar-refractivity contribution is 6.07. The van der Waals surface area contributed by atoms with E-state index >= 15 is 0 Å². The Bertz CT molecular complexity index is 1230. The topological polar surface area (TPSA) is 94.5 Å². The van der Waals surface area contributed by atoms with E-state index < -0.39 is 41.1 Å². The first-order valence-electron chi connectivity index (χ1n) is 11.9. The van der Waals surface area contributed by atoms with E-state index in [4.69, 9.17) is 14.2 Å². The third-order valence-corrected chi connectivity index (χ3v) is 7.90. The average molecular weight is 475 g/mol. The minimum atomic E-state index is -1.80. The molecule has 3 unspecified atom stereocenters. The Morgan fingerprint density at radius 1 is 1.03 bits per heavy atom. The Kier molecular flexibility index (Phi) is 4.78. The van der Waals surface area contributed by atoms with Crippen molar-refractivity contribution in [3.8, 4) is 5.75 Å². The van der Waals surface area contributed by atoms with Gasteiger partial charge in [-0.1, -0.05) is 36.4 Å². The summed E-state index contributed by atoms with van der Waals surface area (Å²) in [4.78, 5) is 41.5. The van der Waals surface area contributed by atoms with Gasteiger partial charge >= 0.3 is 11.9 Å². The summed E-state index contributed by atoms with van der Waals surface area (Å²) in [5.74, 6) is -2.96. The molecule has 1 aliphatic carbocycles. The minimum Gasteiger partial charge on any atom is -0.497 e. The van der Waals surface area contributed by atoms with Crippen LogP contribution in [0.4, 0.5) is 0 Å². The molecule has 2 saturated heterocycles. The summed E-state index contributed by atoms with van der Waals surface area (Å²) in [7, 11) is 1.56. The van der Waals surface area contributed by atoms with E-state index in [1.807, 2.05) is 24.3 Å². The molecule has 1 saturated carbocycles. The Morgan fingerprint density at radius 3 is 2.31 bits per heavy atom. The van der Waals surface area contributed by atoms with Crippen molar-refractivity contribution in [3.63, 3.8) is 0 Å². The van der Waals surface area contributed by atoms with Gasteiger partial charge in [-0.15, -0.1) is 0 Å². The number of nitrogens with zero attached hydrogens (tertiary/aromatic N) is 2. The molecule has 3 heterocycles. The number of benzene rings is 2. The molecule has 0 bridgehead atoms. The average Bonchev–Trinajstić information content (AvgIpc) is 3.44. The number of carbonyl (C=O) groups is 3. The quantitative estimate of drug-likeness (QED) is 0.496. The Hall–Kier alpha value is -3.68. The smallest absolute Gasteiger partial charge is 0.330 e. The highest BCUT2D eigenvalue weighted by Gasteiger charge is 2.75. The molecular weight excluding hydrogens is 448 g/mol. The molecule has 0 radical (unpaired) electrons. The van der Waals surface area contributed by atoms with Crippen molar-refractivity contribution in [2.45, 2.75) is 56.4 Å². The lowest BCUT2D eigenvalue weighted by atomic mass is 9.65. The van der Waals surface area contributed by atoms with Crippen molar-refractivity contribution in [3.05, 3.63) is 65.2 Å². The van der Waals surface area contributed by atoms with Gasteiger partial charge in [-0.3, -0.25) is 19.4 Å². The fourth-order valence-electron chi connectivity index (χ4n) is 6.36. The maximum Gasteiger partial charge on any atom is 0.330 e. The first-order valence-corrected chi connectivity index (χ1v) is 11.9. The van der Waals surface area contributed by atoms with Gasteiger partial charge in [0.05, 0.1) is 13.3 Å². The lowest BCUT2D eigenvalue weighted by Crippen LogP contribution is -2.59. The van der Waals surface area contributed by atoms with E-state index in [1.54, 1.807) is 42.6 Å². The molecule has 8 heteroatoms. The molecule has 0 aromatic heterocycles. The van der Waals surface area contributed by atoms with Crippen molar-refractivity contribution in [1.82, 2.24) is 5.01 Å². The Labute approximate surface area is 202 Å². The van der Waals surface area contributed by atoms with Gasteiger partial charge in [0.2, 0.25) is 5.41 Å². The first-order chi connectivity index (χ1) is 16.9. The van der Waals surface area contributed by atoms with E-state index in [2.05, 4.69) is 5.10 Å². The fourth-order valence-corrected chi connectivity index (χ4v) is 6.36. The molecule has 6 rings (SSSR count). The van der Waals surface area contributed by atoms with E-state index in [0.29, 0.717) is 24.2 Å². The largest absolute Gasteiger partial charge is 0.497 e. The molecule has 180 valence electrons. The molecular formula is C27H26N2O6.